The van der Waals surface area contributed by atoms with Gasteiger partial charge in [-0.25, -0.2) is 0 Å². The number of piperidine rings is 1. The van der Waals surface area contributed by atoms with Crippen LogP contribution in [0.5, 0.6) is 0 Å². The topological polar surface area (TPSA) is 38.3 Å². The zero-order valence-corrected chi connectivity index (χ0v) is 16.8. The van der Waals surface area contributed by atoms with Gasteiger partial charge in [-0.3, -0.25) is 4.79 Å². The normalized spacial score (nSPS) is 35.1. The van der Waals surface area contributed by atoms with Gasteiger partial charge in [0.1, 0.15) is 6.10 Å². The van der Waals surface area contributed by atoms with E-state index in [1.165, 1.54) is 0 Å². The molecule has 1 saturated heterocycles. The van der Waals surface area contributed by atoms with E-state index in [2.05, 4.69) is 60.7 Å². The molecule has 4 unspecified atom stereocenters. The zero-order chi connectivity index (χ0) is 18.0. The molecule has 3 nitrogen and oxygen atoms in total. The second kappa shape index (κ2) is 7.55. The maximum absolute atomic E-state index is 11.7. The smallest absolute Gasteiger partial charge is 0.302 e. The highest BCUT2D eigenvalue weighted by Gasteiger charge is 2.52. The second-order valence-corrected chi connectivity index (χ2v) is 9.42. The number of rotatable bonds is 6. The molecular formula is C20H39NO2. The van der Waals surface area contributed by atoms with Gasteiger partial charge in [0.2, 0.25) is 0 Å². The van der Waals surface area contributed by atoms with Gasteiger partial charge in [-0.15, -0.1) is 0 Å². The third-order valence-electron chi connectivity index (χ3n) is 5.10. The van der Waals surface area contributed by atoms with Crippen molar-refractivity contribution in [2.45, 2.75) is 98.8 Å². The first kappa shape index (κ1) is 20.5. The molecule has 1 aliphatic rings. The van der Waals surface area contributed by atoms with Crippen LogP contribution in [-0.4, -0.2) is 23.2 Å². The molecule has 1 N–H and O–H groups in total. The number of nitrogens with one attached hydrogen (secondary N) is 1. The summed E-state index contributed by atoms with van der Waals surface area (Å²) in [5.41, 5.74) is 0.00759. The van der Waals surface area contributed by atoms with Crippen molar-refractivity contribution in [1.29, 1.82) is 0 Å². The Labute approximate surface area is 143 Å². The van der Waals surface area contributed by atoms with Crippen LogP contribution >= 0.6 is 0 Å². The molecule has 0 amide bonds. The molecule has 1 aliphatic heterocycles. The van der Waals surface area contributed by atoms with Gasteiger partial charge < -0.3 is 10.1 Å². The van der Waals surface area contributed by atoms with Gasteiger partial charge in [0.15, 0.2) is 0 Å². The Kier molecular flexibility index (Phi) is 6.72. The molecule has 1 rings (SSSR count). The van der Waals surface area contributed by atoms with Gasteiger partial charge in [-0.2, -0.15) is 0 Å². The summed E-state index contributed by atoms with van der Waals surface area (Å²) < 4.78 is 5.84. The Balaban J connectivity index is 3.22. The first-order valence-electron chi connectivity index (χ1n) is 9.35. The van der Waals surface area contributed by atoms with Crippen LogP contribution in [0.1, 0.15) is 81.6 Å². The average molecular weight is 326 g/mol. The summed E-state index contributed by atoms with van der Waals surface area (Å²) in [5.74, 6) is 1.88. The molecule has 0 aromatic carbocycles. The fraction of sp³-hybridized carbons (Fsp3) is 0.950. The summed E-state index contributed by atoms with van der Waals surface area (Å²) >= 11 is 0. The summed E-state index contributed by atoms with van der Waals surface area (Å²) in [5, 5.41) is 4.01. The van der Waals surface area contributed by atoms with Crippen LogP contribution in [0, 0.1) is 23.7 Å². The van der Waals surface area contributed by atoms with Crippen molar-refractivity contribution >= 4 is 5.97 Å². The van der Waals surface area contributed by atoms with Crippen LogP contribution in [0.2, 0.25) is 0 Å². The summed E-state index contributed by atoms with van der Waals surface area (Å²) in [6.45, 7) is 19.8. The maximum atomic E-state index is 11.7. The Morgan fingerprint density at radius 3 is 2.00 bits per heavy atom. The highest BCUT2D eigenvalue weighted by molar-refractivity contribution is 5.66. The fourth-order valence-electron chi connectivity index (χ4n) is 5.37. The van der Waals surface area contributed by atoms with Gasteiger partial charge in [0.25, 0.3) is 0 Å². The Bertz CT molecular complexity index is 404. The number of carbonyl (C=O) groups excluding carboxylic acids is 1. The van der Waals surface area contributed by atoms with Crippen LogP contribution in [-0.2, 0) is 9.53 Å². The van der Waals surface area contributed by atoms with E-state index in [0.29, 0.717) is 23.7 Å². The zero-order valence-electron chi connectivity index (χ0n) is 16.8. The quantitative estimate of drug-likeness (QED) is 0.713. The van der Waals surface area contributed by atoms with Crippen molar-refractivity contribution in [2.75, 3.05) is 0 Å². The van der Waals surface area contributed by atoms with Crippen molar-refractivity contribution in [3.63, 3.8) is 0 Å². The minimum absolute atomic E-state index is 0.00116. The number of esters is 1. The lowest BCUT2D eigenvalue weighted by Crippen LogP contribution is -2.69. The van der Waals surface area contributed by atoms with Gasteiger partial charge in [0, 0.05) is 30.3 Å². The number of hydrogen-bond donors (Lipinski definition) is 1. The molecule has 0 bridgehead atoms. The van der Waals surface area contributed by atoms with Crippen LogP contribution in [0.25, 0.3) is 0 Å². The van der Waals surface area contributed by atoms with E-state index >= 15 is 0 Å². The van der Waals surface area contributed by atoms with E-state index < -0.39 is 0 Å². The van der Waals surface area contributed by atoms with Gasteiger partial charge in [0.05, 0.1) is 0 Å². The number of ether oxygens (including phenoxy) is 1. The minimum atomic E-state index is -0.152. The third kappa shape index (κ3) is 5.48. The van der Waals surface area contributed by atoms with Crippen LogP contribution < -0.4 is 5.32 Å². The fourth-order valence-corrected chi connectivity index (χ4v) is 5.37. The lowest BCUT2D eigenvalue weighted by Gasteiger charge is -2.56. The molecule has 0 aromatic heterocycles. The predicted octanol–water partition coefficient (Wildman–Crippen LogP) is 4.79. The molecule has 0 aromatic rings. The maximum Gasteiger partial charge on any atom is 0.302 e. The third-order valence-corrected chi connectivity index (χ3v) is 5.10. The minimum Gasteiger partial charge on any atom is -0.462 e. The Morgan fingerprint density at radius 2 is 1.61 bits per heavy atom. The van der Waals surface area contributed by atoms with Crippen molar-refractivity contribution in [3.8, 4) is 0 Å². The molecule has 0 radical (unpaired) electrons. The van der Waals surface area contributed by atoms with Crippen LogP contribution in [0.15, 0.2) is 0 Å². The molecule has 1 heterocycles. The largest absolute Gasteiger partial charge is 0.462 e. The summed E-state index contributed by atoms with van der Waals surface area (Å²) in [7, 11) is 0. The molecule has 4 atom stereocenters. The number of carbonyl (C=O) groups is 1. The molecule has 0 aliphatic carbocycles. The molecule has 1 fully saturated rings. The monoisotopic (exact) mass is 325 g/mol. The van der Waals surface area contributed by atoms with Gasteiger partial charge in [-0.1, -0.05) is 41.5 Å². The van der Waals surface area contributed by atoms with Crippen molar-refractivity contribution in [1.82, 2.24) is 5.32 Å². The lowest BCUT2D eigenvalue weighted by molar-refractivity contribution is -0.160. The van der Waals surface area contributed by atoms with Crippen LogP contribution in [0.3, 0.4) is 0 Å². The summed E-state index contributed by atoms with van der Waals surface area (Å²) in [4.78, 5) is 11.7. The first-order valence-corrected chi connectivity index (χ1v) is 9.35. The predicted molar refractivity (Wildman–Crippen MR) is 97.4 cm³/mol. The Hall–Kier alpha value is -0.570. The molecule has 0 saturated carbocycles. The number of hydrogen-bond acceptors (Lipinski definition) is 3. The van der Waals surface area contributed by atoms with Crippen molar-refractivity contribution < 1.29 is 9.53 Å². The summed E-state index contributed by atoms with van der Waals surface area (Å²) in [6, 6.07) is 0. The van der Waals surface area contributed by atoms with Gasteiger partial charge in [-0.05, 0) is 44.4 Å². The standard InChI is InChI=1S/C20H39NO2/c1-13(2)10-19(8)12-17(23-16(7)22)18(15(5)6)20(9,21-19)11-14(3)4/h13-15,17-18,21H,10-12H2,1-9H3. The van der Waals surface area contributed by atoms with Crippen molar-refractivity contribution in [2.24, 2.45) is 23.7 Å². The second-order valence-electron chi connectivity index (χ2n) is 9.42. The Morgan fingerprint density at radius 1 is 1.09 bits per heavy atom. The van der Waals surface area contributed by atoms with Crippen molar-refractivity contribution in [3.05, 3.63) is 0 Å². The van der Waals surface area contributed by atoms with E-state index in [-0.39, 0.29) is 23.2 Å². The highest BCUT2D eigenvalue weighted by Crippen LogP contribution is 2.44. The molecule has 3 heteroatoms. The van der Waals surface area contributed by atoms with E-state index in [1.54, 1.807) is 6.92 Å². The lowest BCUT2D eigenvalue weighted by atomic mass is 9.63. The van der Waals surface area contributed by atoms with E-state index in [9.17, 15) is 4.79 Å². The van der Waals surface area contributed by atoms with E-state index in [1.807, 2.05) is 0 Å². The molecular weight excluding hydrogens is 286 g/mol. The average Bonchev–Trinajstić information content (AvgIpc) is 2.21. The molecule has 23 heavy (non-hydrogen) atoms. The summed E-state index contributed by atoms with van der Waals surface area (Å²) in [6.07, 6.45) is 3.10. The van der Waals surface area contributed by atoms with Gasteiger partial charge >= 0.3 is 5.97 Å². The van der Waals surface area contributed by atoms with E-state index in [0.717, 1.165) is 19.3 Å². The highest BCUT2D eigenvalue weighted by atomic mass is 16.5. The van der Waals surface area contributed by atoms with Crippen LogP contribution in [0.4, 0.5) is 0 Å². The first-order chi connectivity index (χ1) is 10.4. The molecule has 136 valence electrons. The van der Waals surface area contributed by atoms with E-state index in [4.69, 9.17) is 4.74 Å². The molecule has 0 spiro atoms. The SMILES string of the molecule is CC(=O)OC1CC(C)(CC(C)C)NC(C)(CC(C)C)C1C(C)C.